The van der Waals surface area contributed by atoms with Gasteiger partial charge in [-0.05, 0) is 25.3 Å². The standard InChI is InChI=1S/C15H23NO3.ClH/c1-18-14-5-3-2-4-13(14)15(10-12(16)11-17)6-8-19-9-7-15;/h2-5,12,17H,6-11,16H2,1H3;1H. The minimum Gasteiger partial charge on any atom is -0.496 e. The third-order valence-corrected chi connectivity index (χ3v) is 4.02. The van der Waals surface area contributed by atoms with Gasteiger partial charge in [-0.25, -0.2) is 0 Å². The maximum Gasteiger partial charge on any atom is 0.122 e. The molecule has 5 heteroatoms. The van der Waals surface area contributed by atoms with Crippen LogP contribution < -0.4 is 10.5 Å². The highest BCUT2D eigenvalue weighted by Crippen LogP contribution is 2.42. The first-order chi connectivity index (χ1) is 9.22. The van der Waals surface area contributed by atoms with Gasteiger partial charge < -0.3 is 20.3 Å². The van der Waals surface area contributed by atoms with Gasteiger partial charge in [0.15, 0.2) is 0 Å². The van der Waals surface area contributed by atoms with Gasteiger partial charge in [-0.2, -0.15) is 0 Å². The molecule has 1 unspecified atom stereocenters. The summed E-state index contributed by atoms with van der Waals surface area (Å²) >= 11 is 0. The fourth-order valence-electron chi connectivity index (χ4n) is 2.99. The van der Waals surface area contributed by atoms with Crippen LogP contribution in [0.4, 0.5) is 0 Å². The number of para-hydroxylation sites is 1. The van der Waals surface area contributed by atoms with Gasteiger partial charge in [0, 0.05) is 30.2 Å². The molecular formula is C15H24ClNO3. The molecule has 0 bridgehead atoms. The molecule has 2 rings (SSSR count). The van der Waals surface area contributed by atoms with Crippen LogP contribution in [0.1, 0.15) is 24.8 Å². The lowest BCUT2D eigenvalue weighted by molar-refractivity contribution is 0.0407. The zero-order valence-corrected chi connectivity index (χ0v) is 12.7. The molecule has 1 heterocycles. The van der Waals surface area contributed by atoms with Crippen molar-refractivity contribution < 1.29 is 14.6 Å². The number of hydrogen-bond acceptors (Lipinski definition) is 4. The van der Waals surface area contributed by atoms with E-state index in [0.29, 0.717) is 0 Å². The minimum atomic E-state index is -0.206. The lowest BCUT2D eigenvalue weighted by atomic mass is 9.70. The zero-order valence-electron chi connectivity index (χ0n) is 11.9. The van der Waals surface area contributed by atoms with Crippen LogP contribution in [0.25, 0.3) is 0 Å². The Kier molecular flexibility index (Phi) is 6.76. The van der Waals surface area contributed by atoms with Gasteiger partial charge in [-0.3, -0.25) is 0 Å². The topological polar surface area (TPSA) is 64.7 Å². The molecule has 1 aliphatic rings. The zero-order chi connectivity index (χ0) is 13.7. The molecule has 0 radical (unpaired) electrons. The summed E-state index contributed by atoms with van der Waals surface area (Å²) in [5, 5.41) is 9.27. The van der Waals surface area contributed by atoms with Gasteiger partial charge in [0.1, 0.15) is 5.75 Å². The predicted octanol–water partition coefficient (Wildman–Crippen LogP) is 1.87. The number of halogens is 1. The number of benzene rings is 1. The van der Waals surface area contributed by atoms with Crippen molar-refractivity contribution in [3.05, 3.63) is 29.8 Å². The van der Waals surface area contributed by atoms with Crippen LogP contribution in [0.2, 0.25) is 0 Å². The first kappa shape index (κ1) is 17.2. The number of aliphatic hydroxyl groups excluding tert-OH is 1. The normalized spacial score (nSPS) is 18.9. The summed E-state index contributed by atoms with van der Waals surface area (Å²) in [5.74, 6) is 0.898. The van der Waals surface area contributed by atoms with Crippen molar-refractivity contribution in [2.75, 3.05) is 26.9 Å². The summed E-state index contributed by atoms with van der Waals surface area (Å²) in [7, 11) is 1.69. The van der Waals surface area contributed by atoms with Crippen molar-refractivity contribution in [3.63, 3.8) is 0 Å². The molecule has 1 aromatic carbocycles. The summed E-state index contributed by atoms with van der Waals surface area (Å²) in [6.45, 7) is 1.48. The molecular weight excluding hydrogens is 278 g/mol. The summed E-state index contributed by atoms with van der Waals surface area (Å²) in [6, 6.07) is 7.88. The number of ether oxygens (including phenoxy) is 2. The molecule has 0 spiro atoms. The van der Waals surface area contributed by atoms with Crippen LogP contribution in [-0.4, -0.2) is 38.1 Å². The monoisotopic (exact) mass is 301 g/mol. The van der Waals surface area contributed by atoms with Gasteiger partial charge in [-0.1, -0.05) is 18.2 Å². The summed E-state index contributed by atoms with van der Waals surface area (Å²) < 4.78 is 11.0. The van der Waals surface area contributed by atoms with E-state index in [9.17, 15) is 5.11 Å². The number of methoxy groups -OCH3 is 1. The van der Waals surface area contributed by atoms with E-state index >= 15 is 0 Å². The van der Waals surface area contributed by atoms with E-state index in [4.69, 9.17) is 15.2 Å². The number of hydrogen-bond donors (Lipinski definition) is 2. The van der Waals surface area contributed by atoms with Gasteiger partial charge >= 0.3 is 0 Å². The quantitative estimate of drug-likeness (QED) is 0.871. The van der Waals surface area contributed by atoms with Crippen molar-refractivity contribution in [2.24, 2.45) is 5.73 Å². The Morgan fingerprint density at radius 3 is 2.60 bits per heavy atom. The Labute approximate surface area is 126 Å². The number of aliphatic hydroxyl groups is 1. The van der Waals surface area contributed by atoms with Gasteiger partial charge in [0.05, 0.1) is 13.7 Å². The van der Waals surface area contributed by atoms with Gasteiger partial charge in [0.25, 0.3) is 0 Å². The maximum atomic E-state index is 9.27. The van der Waals surface area contributed by atoms with E-state index in [-0.39, 0.29) is 30.5 Å². The fourth-order valence-corrected chi connectivity index (χ4v) is 2.99. The third kappa shape index (κ3) is 3.64. The van der Waals surface area contributed by atoms with E-state index in [0.717, 1.165) is 38.2 Å². The van der Waals surface area contributed by atoms with Gasteiger partial charge in [0.2, 0.25) is 0 Å². The van der Waals surface area contributed by atoms with Crippen LogP contribution in [-0.2, 0) is 10.2 Å². The second kappa shape index (κ2) is 7.84. The molecule has 4 nitrogen and oxygen atoms in total. The third-order valence-electron chi connectivity index (χ3n) is 4.02. The van der Waals surface area contributed by atoms with E-state index in [2.05, 4.69) is 6.07 Å². The van der Waals surface area contributed by atoms with Crippen molar-refractivity contribution in [1.29, 1.82) is 0 Å². The second-order valence-electron chi connectivity index (χ2n) is 5.24. The first-order valence-corrected chi connectivity index (χ1v) is 6.79. The van der Waals surface area contributed by atoms with Gasteiger partial charge in [-0.15, -0.1) is 12.4 Å². The predicted molar refractivity (Wildman–Crippen MR) is 81.7 cm³/mol. The molecule has 20 heavy (non-hydrogen) atoms. The van der Waals surface area contributed by atoms with Crippen molar-refractivity contribution >= 4 is 12.4 Å². The molecule has 1 atom stereocenters. The van der Waals surface area contributed by atoms with Crippen LogP contribution in [0.3, 0.4) is 0 Å². The lowest BCUT2D eigenvalue weighted by Crippen LogP contribution is -2.41. The average Bonchev–Trinajstić information content (AvgIpc) is 2.48. The second-order valence-corrected chi connectivity index (χ2v) is 5.24. The van der Waals surface area contributed by atoms with E-state index in [1.54, 1.807) is 7.11 Å². The average molecular weight is 302 g/mol. The van der Waals surface area contributed by atoms with E-state index < -0.39 is 0 Å². The molecule has 1 saturated heterocycles. The van der Waals surface area contributed by atoms with Crippen molar-refractivity contribution in [3.8, 4) is 5.75 Å². The maximum absolute atomic E-state index is 9.27. The number of rotatable bonds is 5. The van der Waals surface area contributed by atoms with Crippen LogP contribution in [0.5, 0.6) is 5.75 Å². The Morgan fingerprint density at radius 1 is 1.35 bits per heavy atom. The lowest BCUT2D eigenvalue weighted by Gasteiger charge is -2.40. The molecule has 114 valence electrons. The molecule has 0 aliphatic carbocycles. The Morgan fingerprint density at radius 2 is 2.00 bits per heavy atom. The Hall–Kier alpha value is -0.810. The largest absolute Gasteiger partial charge is 0.496 e. The molecule has 0 amide bonds. The highest BCUT2D eigenvalue weighted by molar-refractivity contribution is 5.85. The highest BCUT2D eigenvalue weighted by Gasteiger charge is 2.37. The molecule has 1 aliphatic heterocycles. The SMILES string of the molecule is COc1ccccc1C1(CC(N)CO)CCOCC1.Cl. The smallest absolute Gasteiger partial charge is 0.122 e. The van der Waals surface area contributed by atoms with Crippen molar-refractivity contribution in [2.45, 2.75) is 30.7 Å². The minimum absolute atomic E-state index is 0. The molecule has 0 saturated carbocycles. The molecule has 1 fully saturated rings. The van der Waals surface area contributed by atoms with E-state index in [1.165, 1.54) is 5.56 Å². The molecule has 1 aromatic rings. The molecule has 3 N–H and O–H groups in total. The van der Waals surface area contributed by atoms with Crippen LogP contribution >= 0.6 is 12.4 Å². The summed E-state index contributed by atoms with van der Waals surface area (Å²) in [5.41, 5.74) is 7.12. The highest BCUT2D eigenvalue weighted by atomic mass is 35.5. The Bertz CT molecular complexity index is 408. The van der Waals surface area contributed by atoms with E-state index in [1.807, 2.05) is 18.2 Å². The van der Waals surface area contributed by atoms with Crippen LogP contribution in [0.15, 0.2) is 24.3 Å². The number of nitrogens with two attached hydrogens (primary N) is 1. The van der Waals surface area contributed by atoms with Crippen LogP contribution in [0, 0.1) is 0 Å². The summed E-state index contributed by atoms with van der Waals surface area (Å²) in [6.07, 6.45) is 2.59. The molecule has 0 aromatic heterocycles. The Balaban J connectivity index is 0.00000200. The summed E-state index contributed by atoms with van der Waals surface area (Å²) in [4.78, 5) is 0. The van der Waals surface area contributed by atoms with Crippen molar-refractivity contribution in [1.82, 2.24) is 0 Å². The fraction of sp³-hybridized carbons (Fsp3) is 0.600. The first-order valence-electron chi connectivity index (χ1n) is 6.79.